The first-order valence-electron chi connectivity index (χ1n) is 6.84. The van der Waals surface area contributed by atoms with Crippen LogP contribution in [-0.2, 0) is 13.6 Å². The van der Waals surface area contributed by atoms with Crippen LogP contribution >= 0.6 is 0 Å². The van der Waals surface area contributed by atoms with Crippen molar-refractivity contribution in [2.75, 3.05) is 17.7 Å². The van der Waals surface area contributed by atoms with Gasteiger partial charge in [-0.05, 0) is 12.5 Å². The fraction of sp³-hybridized carbons (Fsp3) is 0.267. The molecule has 108 valence electrons. The van der Waals surface area contributed by atoms with Crippen LogP contribution in [0.4, 0.5) is 11.8 Å². The van der Waals surface area contributed by atoms with Crippen LogP contribution in [0.3, 0.4) is 0 Å². The minimum atomic E-state index is 0.581. The standard InChI is InChI=1S/C15H18N6/c1-10-4-6-11(7-5-10)8-17-13-12-9-18-21(3)14(12)20-15(16-2)19-13/h4-7,9H,8H2,1-3H3,(H2,16,17,19,20). The minimum absolute atomic E-state index is 0.581. The molecule has 3 aromatic rings. The number of benzene rings is 1. The maximum absolute atomic E-state index is 4.48. The first-order chi connectivity index (χ1) is 10.2. The van der Waals surface area contributed by atoms with Crippen LogP contribution in [0.1, 0.15) is 11.1 Å². The fourth-order valence-electron chi connectivity index (χ4n) is 2.16. The van der Waals surface area contributed by atoms with E-state index in [0.29, 0.717) is 12.5 Å². The van der Waals surface area contributed by atoms with Gasteiger partial charge in [0.15, 0.2) is 5.65 Å². The maximum Gasteiger partial charge on any atom is 0.226 e. The molecule has 0 aliphatic carbocycles. The van der Waals surface area contributed by atoms with Crippen LogP contribution < -0.4 is 10.6 Å². The van der Waals surface area contributed by atoms with Gasteiger partial charge in [-0.3, -0.25) is 4.68 Å². The van der Waals surface area contributed by atoms with Gasteiger partial charge in [0.2, 0.25) is 5.95 Å². The van der Waals surface area contributed by atoms with Crippen LogP contribution in [0.2, 0.25) is 0 Å². The zero-order valence-electron chi connectivity index (χ0n) is 12.4. The summed E-state index contributed by atoms with van der Waals surface area (Å²) in [5.74, 6) is 1.37. The van der Waals surface area contributed by atoms with Gasteiger partial charge in [0, 0.05) is 20.6 Å². The molecule has 2 heterocycles. The molecule has 0 spiro atoms. The summed E-state index contributed by atoms with van der Waals surface area (Å²) < 4.78 is 1.74. The van der Waals surface area contributed by atoms with Crippen molar-refractivity contribution in [2.24, 2.45) is 7.05 Å². The third kappa shape index (κ3) is 2.65. The molecule has 0 atom stereocenters. The monoisotopic (exact) mass is 282 g/mol. The second-order valence-corrected chi connectivity index (χ2v) is 4.99. The van der Waals surface area contributed by atoms with Crippen molar-refractivity contribution in [1.29, 1.82) is 0 Å². The number of aromatic nitrogens is 4. The Hall–Kier alpha value is -2.63. The first-order valence-corrected chi connectivity index (χ1v) is 6.84. The Morgan fingerprint density at radius 3 is 2.62 bits per heavy atom. The molecule has 6 heteroatoms. The van der Waals surface area contributed by atoms with Crippen LogP contribution in [0.15, 0.2) is 30.5 Å². The van der Waals surface area contributed by atoms with E-state index in [2.05, 4.69) is 56.9 Å². The quantitative estimate of drug-likeness (QED) is 0.768. The van der Waals surface area contributed by atoms with E-state index in [4.69, 9.17) is 0 Å². The number of hydrogen-bond acceptors (Lipinski definition) is 5. The van der Waals surface area contributed by atoms with Crippen molar-refractivity contribution in [3.63, 3.8) is 0 Å². The summed E-state index contributed by atoms with van der Waals surface area (Å²) in [7, 11) is 3.68. The summed E-state index contributed by atoms with van der Waals surface area (Å²) in [4.78, 5) is 8.90. The molecule has 0 bridgehead atoms. The Morgan fingerprint density at radius 2 is 1.90 bits per heavy atom. The Morgan fingerprint density at radius 1 is 1.14 bits per heavy atom. The Labute approximate surface area is 123 Å². The lowest BCUT2D eigenvalue weighted by molar-refractivity contribution is 0.786. The molecule has 2 N–H and O–H groups in total. The van der Waals surface area contributed by atoms with E-state index in [9.17, 15) is 0 Å². The number of hydrogen-bond donors (Lipinski definition) is 2. The summed E-state index contributed by atoms with van der Waals surface area (Å²) in [6, 6.07) is 8.44. The van der Waals surface area contributed by atoms with E-state index < -0.39 is 0 Å². The van der Waals surface area contributed by atoms with E-state index >= 15 is 0 Å². The fourth-order valence-corrected chi connectivity index (χ4v) is 2.16. The van der Waals surface area contributed by atoms with E-state index in [1.54, 1.807) is 17.9 Å². The lowest BCUT2D eigenvalue weighted by atomic mass is 10.1. The molecule has 0 aliphatic heterocycles. The molecule has 0 saturated heterocycles. The molecular formula is C15H18N6. The molecule has 0 saturated carbocycles. The molecule has 2 aromatic heterocycles. The molecule has 1 aromatic carbocycles. The predicted octanol–water partition coefficient (Wildman–Crippen LogP) is 2.33. The highest BCUT2D eigenvalue weighted by Crippen LogP contribution is 2.21. The Bertz CT molecular complexity index is 760. The van der Waals surface area contributed by atoms with Crippen molar-refractivity contribution >= 4 is 22.8 Å². The van der Waals surface area contributed by atoms with Crippen LogP contribution in [0.25, 0.3) is 11.0 Å². The molecule has 0 amide bonds. The van der Waals surface area contributed by atoms with Crippen molar-refractivity contribution in [3.05, 3.63) is 41.6 Å². The SMILES string of the molecule is CNc1nc(NCc2ccc(C)cc2)c2cnn(C)c2n1. The lowest BCUT2D eigenvalue weighted by Gasteiger charge is -2.09. The highest BCUT2D eigenvalue weighted by atomic mass is 15.3. The second kappa shape index (κ2) is 5.40. The highest BCUT2D eigenvalue weighted by Gasteiger charge is 2.10. The summed E-state index contributed by atoms with van der Waals surface area (Å²) in [5.41, 5.74) is 3.27. The van der Waals surface area contributed by atoms with Gasteiger partial charge >= 0.3 is 0 Å². The number of aryl methyl sites for hydroxylation is 2. The molecule has 6 nitrogen and oxygen atoms in total. The van der Waals surface area contributed by atoms with E-state index in [1.807, 2.05) is 7.05 Å². The summed E-state index contributed by atoms with van der Waals surface area (Å²) in [6.07, 6.45) is 1.78. The number of anilines is 2. The maximum atomic E-state index is 4.48. The van der Waals surface area contributed by atoms with E-state index in [-0.39, 0.29) is 0 Å². The average molecular weight is 282 g/mol. The zero-order chi connectivity index (χ0) is 14.8. The number of fused-ring (bicyclic) bond motifs is 1. The Balaban J connectivity index is 1.90. The minimum Gasteiger partial charge on any atom is -0.365 e. The average Bonchev–Trinajstić information content (AvgIpc) is 2.88. The van der Waals surface area contributed by atoms with Crippen molar-refractivity contribution in [2.45, 2.75) is 13.5 Å². The van der Waals surface area contributed by atoms with E-state index in [1.165, 1.54) is 11.1 Å². The largest absolute Gasteiger partial charge is 0.365 e. The van der Waals surface area contributed by atoms with Crippen LogP contribution in [0, 0.1) is 6.92 Å². The second-order valence-electron chi connectivity index (χ2n) is 4.99. The lowest BCUT2D eigenvalue weighted by Crippen LogP contribution is -2.06. The molecule has 0 fully saturated rings. The van der Waals surface area contributed by atoms with Gasteiger partial charge in [-0.25, -0.2) is 0 Å². The van der Waals surface area contributed by atoms with Crippen molar-refractivity contribution in [3.8, 4) is 0 Å². The topological polar surface area (TPSA) is 67.7 Å². The normalized spacial score (nSPS) is 10.8. The highest BCUT2D eigenvalue weighted by molar-refractivity contribution is 5.87. The van der Waals surface area contributed by atoms with Crippen molar-refractivity contribution in [1.82, 2.24) is 19.7 Å². The third-order valence-electron chi connectivity index (χ3n) is 3.40. The van der Waals surface area contributed by atoms with Gasteiger partial charge in [-0.1, -0.05) is 29.8 Å². The van der Waals surface area contributed by atoms with Gasteiger partial charge < -0.3 is 10.6 Å². The van der Waals surface area contributed by atoms with Gasteiger partial charge in [0.25, 0.3) is 0 Å². The molecule has 21 heavy (non-hydrogen) atoms. The smallest absolute Gasteiger partial charge is 0.226 e. The zero-order valence-corrected chi connectivity index (χ0v) is 12.4. The summed E-state index contributed by atoms with van der Waals surface area (Å²) >= 11 is 0. The van der Waals surface area contributed by atoms with Gasteiger partial charge in [-0.15, -0.1) is 0 Å². The number of nitrogens with one attached hydrogen (secondary N) is 2. The molecule has 0 radical (unpaired) electrons. The molecule has 0 aliphatic rings. The summed E-state index contributed by atoms with van der Waals surface area (Å²) in [6.45, 7) is 2.80. The van der Waals surface area contributed by atoms with Gasteiger partial charge in [-0.2, -0.15) is 15.1 Å². The first kappa shape index (κ1) is 13.4. The number of nitrogens with zero attached hydrogens (tertiary/aromatic N) is 4. The van der Waals surface area contributed by atoms with Crippen molar-refractivity contribution < 1.29 is 0 Å². The van der Waals surface area contributed by atoms with Gasteiger partial charge in [0.05, 0.1) is 11.6 Å². The number of rotatable bonds is 4. The third-order valence-corrected chi connectivity index (χ3v) is 3.40. The van der Waals surface area contributed by atoms with E-state index in [0.717, 1.165) is 16.9 Å². The Kier molecular flexibility index (Phi) is 3.43. The van der Waals surface area contributed by atoms with Gasteiger partial charge in [0.1, 0.15) is 5.82 Å². The van der Waals surface area contributed by atoms with Crippen LogP contribution in [-0.4, -0.2) is 26.8 Å². The summed E-state index contributed by atoms with van der Waals surface area (Å²) in [5, 5.41) is 11.5. The molecular weight excluding hydrogens is 264 g/mol. The molecule has 0 unspecified atom stereocenters. The molecule has 3 rings (SSSR count). The predicted molar refractivity (Wildman–Crippen MR) is 84.4 cm³/mol. The van der Waals surface area contributed by atoms with Crippen LogP contribution in [0.5, 0.6) is 0 Å².